The Hall–Kier alpha value is -3.55. The summed E-state index contributed by atoms with van der Waals surface area (Å²) >= 11 is 0. The van der Waals surface area contributed by atoms with Crippen molar-refractivity contribution in [3.63, 3.8) is 0 Å². The maximum absolute atomic E-state index is 12.6. The lowest BCUT2D eigenvalue weighted by Crippen LogP contribution is -2.37. The minimum Gasteiger partial charge on any atom is -0.493 e. The monoisotopic (exact) mass is 411 g/mol. The predicted molar refractivity (Wildman–Crippen MR) is 111 cm³/mol. The first kappa shape index (κ1) is 21.2. The Balaban J connectivity index is 1.65. The van der Waals surface area contributed by atoms with Gasteiger partial charge in [0.2, 0.25) is 11.7 Å². The van der Waals surface area contributed by atoms with Crippen LogP contribution in [0.5, 0.6) is 17.2 Å². The number of hydrogen-bond acceptors (Lipinski definition) is 7. The summed E-state index contributed by atoms with van der Waals surface area (Å²) in [4.78, 5) is 18.5. The average molecular weight is 411 g/mol. The van der Waals surface area contributed by atoms with Gasteiger partial charge in [-0.2, -0.15) is 4.98 Å². The number of carbonyl (C=O) groups is 1. The molecule has 0 radical (unpaired) electrons. The first-order valence-electron chi connectivity index (χ1n) is 9.44. The van der Waals surface area contributed by atoms with E-state index < -0.39 is 6.10 Å². The third-order valence-corrected chi connectivity index (χ3v) is 4.51. The molecule has 0 aliphatic rings. The van der Waals surface area contributed by atoms with Crippen LogP contribution in [-0.2, 0) is 11.3 Å². The normalized spacial score (nSPS) is 11.6. The summed E-state index contributed by atoms with van der Waals surface area (Å²) in [6.07, 6.45) is -0.648. The number of nitrogens with zero attached hydrogens (tertiary/aromatic N) is 3. The van der Waals surface area contributed by atoms with Crippen molar-refractivity contribution in [3.8, 4) is 28.6 Å². The molecule has 0 aliphatic carbocycles. The topological polar surface area (TPSA) is 86.9 Å². The van der Waals surface area contributed by atoms with Gasteiger partial charge in [0.25, 0.3) is 5.91 Å². The molecular formula is C22H25N3O5. The van der Waals surface area contributed by atoms with Crippen molar-refractivity contribution in [2.75, 3.05) is 21.3 Å². The molecule has 1 amide bonds. The van der Waals surface area contributed by atoms with Gasteiger partial charge in [-0.3, -0.25) is 4.79 Å². The molecule has 0 bridgehead atoms. The van der Waals surface area contributed by atoms with Crippen molar-refractivity contribution in [1.29, 1.82) is 0 Å². The molecule has 0 unspecified atom stereocenters. The third kappa shape index (κ3) is 4.89. The van der Waals surface area contributed by atoms with E-state index in [2.05, 4.69) is 10.1 Å². The predicted octanol–water partition coefficient (Wildman–Crippen LogP) is 3.49. The van der Waals surface area contributed by atoms with Gasteiger partial charge in [-0.15, -0.1) is 0 Å². The van der Waals surface area contributed by atoms with Crippen molar-refractivity contribution >= 4 is 5.91 Å². The Labute approximate surface area is 175 Å². The molecule has 0 saturated heterocycles. The molecule has 0 spiro atoms. The van der Waals surface area contributed by atoms with Crippen LogP contribution in [0.3, 0.4) is 0 Å². The maximum atomic E-state index is 12.6. The van der Waals surface area contributed by atoms with Crippen molar-refractivity contribution in [2.45, 2.75) is 26.5 Å². The molecule has 8 nitrogen and oxygen atoms in total. The molecule has 1 aromatic heterocycles. The average Bonchev–Trinajstić information content (AvgIpc) is 3.21. The number of benzene rings is 2. The van der Waals surface area contributed by atoms with E-state index in [4.69, 9.17) is 18.7 Å². The second-order valence-corrected chi connectivity index (χ2v) is 6.85. The number of rotatable bonds is 8. The summed E-state index contributed by atoms with van der Waals surface area (Å²) in [5.74, 6) is 2.35. The highest BCUT2D eigenvalue weighted by atomic mass is 16.5. The van der Waals surface area contributed by atoms with E-state index in [9.17, 15) is 4.79 Å². The van der Waals surface area contributed by atoms with E-state index in [1.807, 2.05) is 37.3 Å². The molecule has 0 fully saturated rings. The largest absolute Gasteiger partial charge is 0.493 e. The molecule has 0 N–H and O–H groups in total. The Morgan fingerprint density at radius 3 is 2.60 bits per heavy atom. The summed E-state index contributed by atoms with van der Waals surface area (Å²) in [6.45, 7) is 3.85. The number of aromatic nitrogens is 2. The first-order chi connectivity index (χ1) is 14.4. The van der Waals surface area contributed by atoms with E-state index >= 15 is 0 Å². The Morgan fingerprint density at radius 1 is 1.13 bits per heavy atom. The van der Waals surface area contributed by atoms with Crippen LogP contribution in [0.4, 0.5) is 0 Å². The molecule has 8 heteroatoms. The summed E-state index contributed by atoms with van der Waals surface area (Å²) < 4.78 is 21.6. The smallest absolute Gasteiger partial charge is 0.263 e. The molecule has 30 heavy (non-hydrogen) atoms. The number of aryl methyl sites for hydroxylation is 1. The second kappa shape index (κ2) is 9.30. The highest BCUT2D eigenvalue weighted by Crippen LogP contribution is 2.31. The van der Waals surface area contributed by atoms with Crippen LogP contribution in [0.25, 0.3) is 11.4 Å². The molecular weight excluding hydrogens is 386 g/mol. The quantitative estimate of drug-likeness (QED) is 0.561. The number of methoxy groups -OCH3 is 2. The number of ether oxygens (including phenoxy) is 3. The minimum absolute atomic E-state index is 0.167. The molecule has 0 saturated carbocycles. The van der Waals surface area contributed by atoms with Crippen LogP contribution in [0.1, 0.15) is 18.4 Å². The van der Waals surface area contributed by atoms with Gasteiger partial charge in [0.1, 0.15) is 5.75 Å². The van der Waals surface area contributed by atoms with Crippen LogP contribution in [0, 0.1) is 6.92 Å². The summed E-state index contributed by atoms with van der Waals surface area (Å²) in [5.41, 5.74) is 1.78. The fraction of sp³-hybridized carbons (Fsp3) is 0.318. The van der Waals surface area contributed by atoms with Gasteiger partial charge in [-0.1, -0.05) is 17.3 Å². The highest BCUT2D eigenvalue weighted by Gasteiger charge is 2.22. The van der Waals surface area contributed by atoms with Crippen LogP contribution in [-0.4, -0.2) is 48.3 Å². The lowest BCUT2D eigenvalue weighted by Gasteiger charge is -2.20. The summed E-state index contributed by atoms with van der Waals surface area (Å²) in [7, 11) is 4.79. The van der Waals surface area contributed by atoms with Gasteiger partial charge in [0.05, 0.1) is 20.8 Å². The minimum atomic E-state index is -0.648. The van der Waals surface area contributed by atoms with Gasteiger partial charge in [0.15, 0.2) is 17.6 Å². The fourth-order valence-electron chi connectivity index (χ4n) is 2.95. The lowest BCUT2D eigenvalue weighted by molar-refractivity contribution is -0.137. The zero-order valence-electron chi connectivity index (χ0n) is 17.7. The maximum Gasteiger partial charge on any atom is 0.263 e. The van der Waals surface area contributed by atoms with Crippen molar-refractivity contribution < 1.29 is 23.5 Å². The Kier molecular flexibility index (Phi) is 6.56. The van der Waals surface area contributed by atoms with Gasteiger partial charge in [-0.25, -0.2) is 0 Å². The van der Waals surface area contributed by atoms with Crippen molar-refractivity contribution in [1.82, 2.24) is 15.0 Å². The van der Waals surface area contributed by atoms with Crippen LogP contribution < -0.4 is 14.2 Å². The third-order valence-electron chi connectivity index (χ3n) is 4.51. The van der Waals surface area contributed by atoms with Gasteiger partial charge in [0, 0.05) is 12.6 Å². The van der Waals surface area contributed by atoms with E-state index in [1.165, 1.54) is 4.90 Å². The Morgan fingerprint density at radius 2 is 1.90 bits per heavy atom. The van der Waals surface area contributed by atoms with Gasteiger partial charge >= 0.3 is 0 Å². The molecule has 2 aromatic carbocycles. The zero-order valence-corrected chi connectivity index (χ0v) is 17.7. The first-order valence-corrected chi connectivity index (χ1v) is 9.44. The molecule has 3 rings (SSSR count). The van der Waals surface area contributed by atoms with Crippen LogP contribution in [0.15, 0.2) is 47.0 Å². The van der Waals surface area contributed by atoms with Crippen LogP contribution in [0.2, 0.25) is 0 Å². The number of carbonyl (C=O) groups excluding carboxylic acids is 1. The van der Waals surface area contributed by atoms with E-state index in [1.54, 1.807) is 40.3 Å². The number of hydrogen-bond donors (Lipinski definition) is 0. The van der Waals surface area contributed by atoms with Crippen LogP contribution >= 0.6 is 0 Å². The van der Waals surface area contributed by atoms with E-state index in [-0.39, 0.29) is 12.5 Å². The molecule has 1 heterocycles. The van der Waals surface area contributed by atoms with Crippen molar-refractivity contribution in [3.05, 3.63) is 53.9 Å². The van der Waals surface area contributed by atoms with Gasteiger partial charge in [-0.05, 0) is 49.7 Å². The number of likely N-dealkylation sites (N-methyl/N-ethyl adjacent to an activating group) is 1. The standard InChI is InChI=1S/C22H25N3O5/c1-14-7-6-8-17(11-14)29-15(2)22(26)25(3)13-20-23-21(24-30-20)16-9-10-18(27-4)19(12-16)28-5/h6-12,15H,13H2,1-5H3/t15-/m0/s1. The van der Waals surface area contributed by atoms with E-state index in [0.29, 0.717) is 34.5 Å². The molecule has 1 atom stereocenters. The fourth-order valence-corrected chi connectivity index (χ4v) is 2.95. The Bertz CT molecular complexity index is 1020. The molecule has 0 aliphatic heterocycles. The summed E-state index contributed by atoms with van der Waals surface area (Å²) in [5, 5.41) is 4.00. The number of amides is 1. The van der Waals surface area contributed by atoms with Crippen molar-refractivity contribution in [2.24, 2.45) is 0 Å². The molecule has 158 valence electrons. The summed E-state index contributed by atoms with van der Waals surface area (Å²) in [6, 6.07) is 12.9. The van der Waals surface area contributed by atoms with E-state index in [0.717, 1.165) is 5.56 Å². The second-order valence-electron chi connectivity index (χ2n) is 6.85. The SMILES string of the molecule is COc1ccc(-c2noc(CN(C)C(=O)[C@H](C)Oc3cccc(C)c3)n2)cc1OC. The zero-order chi connectivity index (χ0) is 21.7. The molecule has 3 aromatic rings. The highest BCUT2D eigenvalue weighted by molar-refractivity contribution is 5.80. The van der Waals surface area contributed by atoms with Gasteiger partial charge < -0.3 is 23.6 Å². The lowest BCUT2D eigenvalue weighted by atomic mass is 10.2.